The van der Waals surface area contributed by atoms with Gasteiger partial charge in [0, 0.05) is 12.6 Å². The second-order valence-corrected chi connectivity index (χ2v) is 13.5. The van der Waals surface area contributed by atoms with Crippen molar-refractivity contribution in [1.82, 2.24) is 0 Å². The molecule has 0 aliphatic carbocycles. The van der Waals surface area contributed by atoms with Crippen molar-refractivity contribution in [2.45, 2.75) is 35.6 Å². The second-order valence-electron chi connectivity index (χ2n) is 7.78. The van der Waals surface area contributed by atoms with Crippen LogP contribution < -0.4 is 8.61 Å². The highest BCUT2D eigenvalue weighted by Gasteiger charge is 2.34. The Hall–Kier alpha value is -2.11. The van der Waals surface area contributed by atoms with Crippen LogP contribution in [0.5, 0.6) is 0 Å². The molecular formula is C19H22N2O6S3. The molecule has 2 aliphatic heterocycles. The highest BCUT2D eigenvalue weighted by molar-refractivity contribution is 7.92. The molecule has 11 heteroatoms. The quantitative estimate of drug-likeness (QED) is 0.671. The van der Waals surface area contributed by atoms with E-state index in [-0.39, 0.29) is 22.4 Å². The molecule has 0 saturated heterocycles. The lowest BCUT2D eigenvalue weighted by atomic mass is 10.1. The van der Waals surface area contributed by atoms with Crippen LogP contribution in [0.15, 0.2) is 46.2 Å². The Bertz CT molecular complexity index is 1360. The van der Waals surface area contributed by atoms with E-state index in [1.807, 2.05) is 0 Å². The number of sulfone groups is 1. The maximum atomic E-state index is 13.2. The van der Waals surface area contributed by atoms with Crippen LogP contribution in [0.3, 0.4) is 0 Å². The van der Waals surface area contributed by atoms with E-state index < -0.39 is 29.9 Å². The van der Waals surface area contributed by atoms with Crippen LogP contribution >= 0.6 is 0 Å². The molecule has 30 heavy (non-hydrogen) atoms. The van der Waals surface area contributed by atoms with Crippen LogP contribution in [0.25, 0.3) is 0 Å². The molecule has 0 bridgehead atoms. The number of benzene rings is 2. The van der Waals surface area contributed by atoms with E-state index in [4.69, 9.17) is 0 Å². The summed E-state index contributed by atoms with van der Waals surface area (Å²) in [6.45, 7) is 2.07. The Morgan fingerprint density at radius 2 is 1.37 bits per heavy atom. The summed E-state index contributed by atoms with van der Waals surface area (Å²) in [6.07, 6.45) is 3.13. The van der Waals surface area contributed by atoms with E-state index in [0.29, 0.717) is 35.3 Å². The van der Waals surface area contributed by atoms with Gasteiger partial charge in [-0.05, 0) is 67.3 Å². The van der Waals surface area contributed by atoms with Crippen LogP contribution in [0, 0.1) is 0 Å². The van der Waals surface area contributed by atoms with E-state index in [0.717, 1.165) is 12.5 Å². The van der Waals surface area contributed by atoms with Gasteiger partial charge in [-0.25, -0.2) is 25.3 Å². The predicted molar refractivity (Wildman–Crippen MR) is 115 cm³/mol. The van der Waals surface area contributed by atoms with Crippen molar-refractivity contribution in [2.75, 3.05) is 27.7 Å². The fourth-order valence-corrected chi connectivity index (χ4v) is 7.83. The van der Waals surface area contributed by atoms with Gasteiger partial charge in [0.1, 0.15) is 0 Å². The van der Waals surface area contributed by atoms with Gasteiger partial charge in [-0.2, -0.15) is 0 Å². The molecule has 1 unspecified atom stereocenters. The number of nitrogens with zero attached hydrogens (tertiary/aromatic N) is 2. The standard InChI is InChI=1S/C19H22N2O6S3/c1-13-10-15-12-17(5-7-19(15)21(13)29(3,24)25)30(26,27)16-4-6-18-14(11-16)8-9-20(18)28(2,22)23/h4-7,11-13H,8-10H2,1-3H3. The zero-order valence-electron chi connectivity index (χ0n) is 16.7. The van der Waals surface area contributed by atoms with Gasteiger partial charge in [0.2, 0.25) is 29.9 Å². The lowest BCUT2D eigenvalue weighted by molar-refractivity contribution is 0.589. The molecule has 0 N–H and O–H groups in total. The van der Waals surface area contributed by atoms with Gasteiger partial charge in [0.25, 0.3) is 0 Å². The van der Waals surface area contributed by atoms with Crippen LogP contribution in [0.1, 0.15) is 18.1 Å². The van der Waals surface area contributed by atoms with E-state index in [1.165, 1.54) is 45.0 Å². The van der Waals surface area contributed by atoms with Crippen LogP contribution in [-0.2, 0) is 42.7 Å². The van der Waals surface area contributed by atoms with Crippen molar-refractivity contribution >= 4 is 41.3 Å². The highest BCUT2D eigenvalue weighted by atomic mass is 32.2. The summed E-state index contributed by atoms with van der Waals surface area (Å²) >= 11 is 0. The lowest BCUT2D eigenvalue weighted by Crippen LogP contribution is -2.34. The molecule has 8 nitrogen and oxygen atoms in total. The molecule has 2 heterocycles. The molecule has 162 valence electrons. The third kappa shape index (κ3) is 3.38. The second kappa shape index (κ2) is 6.69. The summed E-state index contributed by atoms with van der Waals surface area (Å²) in [5, 5.41) is 0. The van der Waals surface area contributed by atoms with Gasteiger partial charge in [0.15, 0.2) is 0 Å². The van der Waals surface area contributed by atoms with Crippen molar-refractivity contribution in [3.8, 4) is 0 Å². The molecular weight excluding hydrogens is 448 g/mol. The molecule has 0 saturated carbocycles. The third-order valence-electron chi connectivity index (χ3n) is 5.49. The van der Waals surface area contributed by atoms with Crippen molar-refractivity contribution < 1.29 is 25.3 Å². The van der Waals surface area contributed by atoms with E-state index in [9.17, 15) is 25.3 Å². The summed E-state index contributed by atoms with van der Waals surface area (Å²) in [4.78, 5) is 0.171. The first-order chi connectivity index (χ1) is 13.8. The minimum atomic E-state index is -3.84. The average molecular weight is 471 g/mol. The van der Waals surface area contributed by atoms with E-state index in [2.05, 4.69) is 0 Å². The van der Waals surface area contributed by atoms with Crippen molar-refractivity contribution in [3.05, 3.63) is 47.5 Å². The minimum absolute atomic E-state index is 0.0849. The topological polar surface area (TPSA) is 109 Å². The fourth-order valence-electron chi connectivity index (χ4n) is 4.25. The van der Waals surface area contributed by atoms with Crippen molar-refractivity contribution in [3.63, 3.8) is 0 Å². The van der Waals surface area contributed by atoms with Gasteiger partial charge in [0.05, 0.1) is 33.7 Å². The maximum absolute atomic E-state index is 13.2. The zero-order chi connectivity index (χ0) is 22.1. The Morgan fingerprint density at radius 3 is 1.93 bits per heavy atom. The first-order valence-corrected chi connectivity index (χ1v) is 14.5. The highest BCUT2D eigenvalue weighted by Crippen LogP contribution is 2.38. The van der Waals surface area contributed by atoms with Crippen molar-refractivity contribution in [1.29, 1.82) is 0 Å². The normalized spacial score (nSPS) is 19.1. The number of sulfonamides is 2. The van der Waals surface area contributed by atoms with Crippen LogP contribution in [0.2, 0.25) is 0 Å². The number of rotatable bonds is 4. The Kier molecular flexibility index (Phi) is 4.72. The number of fused-ring (bicyclic) bond motifs is 2. The van der Waals surface area contributed by atoms with Crippen LogP contribution in [-0.4, -0.2) is 50.4 Å². The molecule has 1 atom stereocenters. The lowest BCUT2D eigenvalue weighted by Gasteiger charge is -2.22. The Morgan fingerprint density at radius 1 is 0.800 bits per heavy atom. The number of hydrogen-bond donors (Lipinski definition) is 0. The van der Waals surface area contributed by atoms with Gasteiger partial charge in [-0.3, -0.25) is 8.61 Å². The molecule has 2 aromatic rings. The fraction of sp³-hybridized carbons (Fsp3) is 0.368. The summed E-state index contributed by atoms with van der Waals surface area (Å²) in [5.41, 5.74) is 2.34. The molecule has 0 fully saturated rings. The van der Waals surface area contributed by atoms with Gasteiger partial charge in [-0.1, -0.05) is 0 Å². The van der Waals surface area contributed by atoms with E-state index in [1.54, 1.807) is 6.92 Å². The summed E-state index contributed by atoms with van der Waals surface area (Å²) < 4.78 is 76.9. The van der Waals surface area contributed by atoms with Gasteiger partial charge >= 0.3 is 0 Å². The molecule has 0 radical (unpaired) electrons. The van der Waals surface area contributed by atoms with Gasteiger partial charge in [-0.15, -0.1) is 0 Å². The molecule has 0 amide bonds. The smallest absolute Gasteiger partial charge is 0.232 e. The number of hydrogen-bond acceptors (Lipinski definition) is 6. The molecule has 0 spiro atoms. The van der Waals surface area contributed by atoms with E-state index >= 15 is 0 Å². The molecule has 2 aliphatic rings. The van der Waals surface area contributed by atoms with Gasteiger partial charge < -0.3 is 0 Å². The monoisotopic (exact) mass is 470 g/mol. The molecule has 4 rings (SSSR count). The first kappa shape index (κ1) is 21.1. The average Bonchev–Trinajstić information content (AvgIpc) is 3.19. The summed E-state index contributed by atoms with van der Waals surface area (Å²) in [7, 11) is -10.7. The number of anilines is 2. The first-order valence-electron chi connectivity index (χ1n) is 9.28. The maximum Gasteiger partial charge on any atom is 0.232 e. The summed E-state index contributed by atoms with van der Waals surface area (Å²) in [5.74, 6) is 0. The predicted octanol–water partition coefficient (Wildman–Crippen LogP) is 1.55. The Balaban J connectivity index is 1.74. The summed E-state index contributed by atoms with van der Waals surface area (Å²) in [6, 6.07) is 8.66. The largest absolute Gasteiger partial charge is 0.270 e. The van der Waals surface area contributed by atoms with Crippen LogP contribution in [0.4, 0.5) is 11.4 Å². The van der Waals surface area contributed by atoms with Crippen molar-refractivity contribution in [2.24, 2.45) is 0 Å². The molecule has 2 aromatic carbocycles. The molecule has 0 aromatic heterocycles. The zero-order valence-corrected chi connectivity index (χ0v) is 19.2. The third-order valence-corrected chi connectivity index (χ3v) is 9.69. The minimum Gasteiger partial charge on any atom is -0.270 e. The Labute approximate surface area is 177 Å². The SMILES string of the molecule is CC1Cc2cc(S(=O)(=O)c3ccc4c(c3)CCN4S(C)(=O)=O)ccc2N1S(C)(=O)=O.